The number of nitrogens with one attached hydrogen (secondary N) is 1. The molecule has 4 heteroatoms. The molecule has 0 aliphatic rings. The molecule has 98 valence electrons. The van der Waals surface area contributed by atoms with Gasteiger partial charge in [-0.2, -0.15) is 0 Å². The summed E-state index contributed by atoms with van der Waals surface area (Å²) in [5.41, 5.74) is 3.75. The number of carboxylic acid groups (broad SMARTS) is 1. The third kappa shape index (κ3) is 2.91. The molecule has 2 N–H and O–H groups in total. The number of carboxylic acids is 1. The van der Waals surface area contributed by atoms with Gasteiger partial charge in [0, 0.05) is 16.8 Å². The fourth-order valence-electron chi connectivity index (χ4n) is 1.99. The highest BCUT2D eigenvalue weighted by atomic mass is 16.4. The third-order valence-electron chi connectivity index (χ3n) is 3.02. The minimum absolute atomic E-state index is 0.261. The summed E-state index contributed by atoms with van der Waals surface area (Å²) in [6.07, 6.45) is -0.261. The van der Waals surface area contributed by atoms with Gasteiger partial charge in [0.2, 0.25) is 0 Å². The normalized spacial score (nSPS) is 10.4. The van der Waals surface area contributed by atoms with Crippen molar-refractivity contribution in [3.63, 3.8) is 0 Å². The summed E-state index contributed by atoms with van der Waals surface area (Å²) in [6.45, 7) is 3.96. The molecule has 19 heavy (non-hydrogen) atoms. The zero-order chi connectivity index (χ0) is 14.0. The summed E-state index contributed by atoms with van der Waals surface area (Å²) in [6, 6.07) is 9.33. The topological polar surface area (TPSA) is 70.2 Å². The van der Waals surface area contributed by atoms with E-state index in [0.29, 0.717) is 5.69 Å². The Bertz CT molecular complexity index is 686. The Kier molecular flexibility index (Phi) is 3.51. The molecular weight excluding hydrogens is 242 g/mol. The van der Waals surface area contributed by atoms with Crippen LogP contribution in [0.3, 0.4) is 0 Å². The minimum atomic E-state index is -1.01. The molecule has 1 aromatic carbocycles. The van der Waals surface area contributed by atoms with Crippen LogP contribution in [0, 0.1) is 13.8 Å². The Morgan fingerprint density at radius 1 is 1.21 bits per heavy atom. The highest BCUT2D eigenvalue weighted by molar-refractivity contribution is 5.70. The van der Waals surface area contributed by atoms with Crippen molar-refractivity contribution in [3.05, 3.63) is 57.4 Å². The van der Waals surface area contributed by atoms with Gasteiger partial charge >= 0.3 is 5.97 Å². The van der Waals surface area contributed by atoms with Crippen molar-refractivity contribution in [1.29, 1.82) is 0 Å². The van der Waals surface area contributed by atoms with E-state index in [1.165, 1.54) is 0 Å². The van der Waals surface area contributed by atoms with Crippen molar-refractivity contribution in [2.24, 2.45) is 0 Å². The van der Waals surface area contributed by atoms with E-state index < -0.39 is 5.97 Å². The molecule has 0 spiro atoms. The van der Waals surface area contributed by atoms with Gasteiger partial charge < -0.3 is 10.1 Å². The van der Waals surface area contributed by atoms with Crippen LogP contribution in [0.2, 0.25) is 0 Å². The zero-order valence-corrected chi connectivity index (χ0v) is 10.9. The number of rotatable bonds is 3. The summed E-state index contributed by atoms with van der Waals surface area (Å²) >= 11 is 0. The smallest absolute Gasteiger partial charge is 0.308 e. The average Bonchev–Trinajstić information content (AvgIpc) is 2.34. The summed E-state index contributed by atoms with van der Waals surface area (Å²) in [5, 5.41) is 8.71. The molecule has 1 aromatic heterocycles. The maximum Gasteiger partial charge on any atom is 0.308 e. The van der Waals surface area contributed by atoms with E-state index in [0.717, 1.165) is 16.7 Å². The number of hydrogen-bond acceptors (Lipinski definition) is 2. The molecule has 2 rings (SSSR count). The molecule has 0 unspecified atom stereocenters. The predicted molar refractivity (Wildman–Crippen MR) is 73.3 cm³/mol. The van der Waals surface area contributed by atoms with Gasteiger partial charge in [-0.25, -0.2) is 0 Å². The molecule has 0 saturated heterocycles. The van der Waals surface area contributed by atoms with Gasteiger partial charge in [0.25, 0.3) is 5.56 Å². The van der Waals surface area contributed by atoms with Crippen molar-refractivity contribution in [2.45, 2.75) is 20.3 Å². The molecule has 0 saturated carbocycles. The highest BCUT2D eigenvalue weighted by Crippen LogP contribution is 2.21. The lowest BCUT2D eigenvalue weighted by Gasteiger charge is -2.08. The standard InChI is InChI=1S/C15H15NO3/c1-9-3-4-10(2)12(7-9)13-6-5-11(8-14(17)18)15(19)16-13/h3-7H,8H2,1-2H3,(H,16,19)(H,17,18). The van der Waals surface area contributed by atoms with E-state index in [4.69, 9.17) is 5.11 Å². The first-order valence-corrected chi connectivity index (χ1v) is 5.99. The van der Waals surface area contributed by atoms with Gasteiger partial charge in [-0.1, -0.05) is 23.8 Å². The molecule has 0 aliphatic carbocycles. The number of H-pyrrole nitrogens is 1. The monoisotopic (exact) mass is 257 g/mol. The average molecular weight is 257 g/mol. The maximum atomic E-state index is 11.8. The summed E-state index contributed by atoms with van der Waals surface area (Å²) in [7, 11) is 0. The number of aromatic amines is 1. The molecule has 0 radical (unpaired) electrons. The Labute approximate surface area is 110 Å². The molecule has 1 heterocycles. The second-order valence-electron chi connectivity index (χ2n) is 4.62. The van der Waals surface area contributed by atoms with Crippen molar-refractivity contribution in [2.75, 3.05) is 0 Å². The van der Waals surface area contributed by atoms with Crippen LogP contribution < -0.4 is 5.56 Å². The number of aryl methyl sites for hydroxylation is 2. The maximum absolute atomic E-state index is 11.8. The third-order valence-corrected chi connectivity index (χ3v) is 3.02. The van der Waals surface area contributed by atoms with Crippen molar-refractivity contribution >= 4 is 5.97 Å². The van der Waals surface area contributed by atoms with E-state index in [9.17, 15) is 9.59 Å². The number of hydrogen-bond donors (Lipinski definition) is 2. The molecule has 0 amide bonds. The van der Waals surface area contributed by atoms with Crippen LogP contribution in [-0.4, -0.2) is 16.1 Å². The Hall–Kier alpha value is -2.36. The summed E-state index contributed by atoms with van der Waals surface area (Å²) in [4.78, 5) is 25.2. The first-order valence-electron chi connectivity index (χ1n) is 5.99. The minimum Gasteiger partial charge on any atom is -0.481 e. The van der Waals surface area contributed by atoms with Crippen LogP contribution in [0.1, 0.15) is 16.7 Å². The van der Waals surface area contributed by atoms with Crippen LogP contribution in [0.5, 0.6) is 0 Å². The molecule has 0 atom stereocenters. The predicted octanol–water partition coefficient (Wildman–Crippen LogP) is 2.29. The number of carbonyl (C=O) groups is 1. The van der Waals surface area contributed by atoms with Crippen LogP contribution in [0.15, 0.2) is 35.1 Å². The Morgan fingerprint density at radius 3 is 2.58 bits per heavy atom. The number of aromatic nitrogens is 1. The van der Waals surface area contributed by atoms with Gasteiger partial charge in [-0.05, 0) is 31.5 Å². The summed E-state index contributed by atoms with van der Waals surface area (Å²) in [5.74, 6) is -1.01. The fraction of sp³-hybridized carbons (Fsp3) is 0.200. The number of aliphatic carboxylic acids is 1. The first kappa shape index (κ1) is 13.1. The Morgan fingerprint density at radius 2 is 1.95 bits per heavy atom. The molecule has 4 nitrogen and oxygen atoms in total. The van der Waals surface area contributed by atoms with Crippen molar-refractivity contribution in [3.8, 4) is 11.3 Å². The molecule has 0 fully saturated rings. The highest BCUT2D eigenvalue weighted by Gasteiger charge is 2.08. The second kappa shape index (κ2) is 5.10. The van der Waals surface area contributed by atoms with Crippen LogP contribution in [0.4, 0.5) is 0 Å². The molecule has 2 aromatic rings. The van der Waals surface area contributed by atoms with Gasteiger partial charge in [-0.15, -0.1) is 0 Å². The van der Waals surface area contributed by atoms with Gasteiger partial charge in [-0.3, -0.25) is 9.59 Å². The van der Waals surface area contributed by atoms with E-state index >= 15 is 0 Å². The van der Waals surface area contributed by atoms with E-state index in [1.807, 2.05) is 32.0 Å². The van der Waals surface area contributed by atoms with Crippen molar-refractivity contribution in [1.82, 2.24) is 4.98 Å². The van der Waals surface area contributed by atoms with Crippen LogP contribution in [-0.2, 0) is 11.2 Å². The lowest BCUT2D eigenvalue weighted by Crippen LogP contribution is -2.16. The van der Waals surface area contributed by atoms with E-state index in [-0.39, 0.29) is 17.5 Å². The van der Waals surface area contributed by atoms with Crippen LogP contribution >= 0.6 is 0 Å². The first-order chi connectivity index (χ1) is 8.97. The molecule has 0 aliphatic heterocycles. The quantitative estimate of drug-likeness (QED) is 0.886. The number of pyridine rings is 1. The SMILES string of the molecule is Cc1ccc(C)c(-c2ccc(CC(=O)O)c(=O)[nH]2)c1. The summed E-state index contributed by atoms with van der Waals surface area (Å²) < 4.78 is 0. The lowest BCUT2D eigenvalue weighted by molar-refractivity contribution is -0.136. The molecular formula is C15H15NO3. The Balaban J connectivity index is 2.47. The lowest BCUT2D eigenvalue weighted by atomic mass is 10.0. The zero-order valence-electron chi connectivity index (χ0n) is 10.9. The number of benzene rings is 1. The van der Waals surface area contributed by atoms with E-state index in [2.05, 4.69) is 4.98 Å². The van der Waals surface area contributed by atoms with Crippen molar-refractivity contribution < 1.29 is 9.90 Å². The molecule has 0 bridgehead atoms. The van der Waals surface area contributed by atoms with Gasteiger partial charge in [0.1, 0.15) is 0 Å². The van der Waals surface area contributed by atoms with Gasteiger partial charge in [0.05, 0.1) is 6.42 Å². The van der Waals surface area contributed by atoms with Crippen LogP contribution in [0.25, 0.3) is 11.3 Å². The van der Waals surface area contributed by atoms with E-state index in [1.54, 1.807) is 12.1 Å². The second-order valence-corrected chi connectivity index (χ2v) is 4.62. The fourth-order valence-corrected chi connectivity index (χ4v) is 1.99. The van der Waals surface area contributed by atoms with Gasteiger partial charge in [0.15, 0.2) is 0 Å². The largest absolute Gasteiger partial charge is 0.481 e.